The molecule has 2 aromatic carbocycles. The highest BCUT2D eigenvalue weighted by Crippen LogP contribution is 2.32. The molecule has 1 atom stereocenters. The number of hydrogen-bond donors (Lipinski definition) is 0. The molecule has 0 N–H and O–H groups in total. The zero-order valence-electron chi connectivity index (χ0n) is 32.4. The molecule has 1 fully saturated rings. The topological polar surface area (TPSA) is 149 Å². The molecule has 4 aromatic heterocycles. The van der Waals surface area contributed by atoms with Crippen LogP contribution in [0.25, 0.3) is 22.1 Å². The lowest BCUT2D eigenvalue weighted by molar-refractivity contribution is 0.112. The molecule has 5 heterocycles. The summed E-state index contributed by atoms with van der Waals surface area (Å²) in [6, 6.07) is 17.9. The van der Waals surface area contributed by atoms with Gasteiger partial charge in [0.1, 0.15) is 35.0 Å². The molecule has 0 bridgehead atoms. The van der Waals surface area contributed by atoms with Gasteiger partial charge in [0.05, 0.1) is 48.4 Å². The number of carbonyl (C=O) groups excluding carboxylic acids is 1. The van der Waals surface area contributed by atoms with Crippen molar-refractivity contribution in [1.29, 1.82) is 5.26 Å². The van der Waals surface area contributed by atoms with E-state index in [1.165, 1.54) is 10.6 Å². The number of rotatable bonds is 10. The molecule has 55 heavy (non-hydrogen) atoms. The number of aryl methyl sites for hydroxylation is 4. The second-order valence-corrected chi connectivity index (χ2v) is 15.7. The highest BCUT2D eigenvalue weighted by molar-refractivity contribution is 7.88. The first-order chi connectivity index (χ1) is 26.4. The first-order valence-corrected chi connectivity index (χ1v) is 20.0. The van der Waals surface area contributed by atoms with Gasteiger partial charge in [-0.15, -0.1) is 0 Å². The summed E-state index contributed by atoms with van der Waals surface area (Å²) in [5.74, 6) is 1.67. The highest BCUT2D eigenvalue weighted by atomic mass is 32.2. The van der Waals surface area contributed by atoms with Crippen molar-refractivity contribution in [1.82, 2.24) is 38.3 Å². The molecule has 14 nitrogen and oxygen atoms in total. The van der Waals surface area contributed by atoms with E-state index in [4.69, 9.17) is 0 Å². The number of anilines is 4. The summed E-state index contributed by atoms with van der Waals surface area (Å²) in [6.45, 7) is 6.05. The fraction of sp³-hybridized carbons (Fsp3) is 0.350. The third-order valence-electron chi connectivity index (χ3n) is 10.3. The minimum atomic E-state index is -3.20. The van der Waals surface area contributed by atoms with E-state index in [0.29, 0.717) is 31.7 Å². The van der Waals surface area contributed by atoms with Crippen molar-refractivity contribution in [2.24, 2.45) is 14.1 Å². The van der Waals surface area contributed by atoms with Crippen LogP contribution >= 0.6 is 0 Å². The van der Waals surface area contributed by atoms with E-state index < -0.39 is 16.1 Å². The van der Waals surface area contributed by atoms with Crippen molar-refractivity contribution in [2.75, 3.05) is 56.3 Å². The number of pyridine rings is 2. The number of nitriles is 1. The van der Waals surface area contributed by atoms with Crippen LogP contribution in [0.15, 0.2) is 73.6 Å². The minimum Gasteiger partial charge on any atom is -0.334 e. The summed E-state index contributed by atoms with van der Waals surface area (Å²) < 4.78 is 29.0. The Morgan fingerprint density at radius 1 is 0.782 bits per heavy atom. The maximum atomic E-state index is 11.8. The van der Waals surface area contributed by atoms with E-state index in [0.717, 1.165) is 80.9 Å². The lowest BCUT2D eigenvalue weighted by Gasteiger charge is -2.36. The molecule has 286 valence electrons. The van der Waals surface area contributed by atoms with Crippen LogP contribution in [0.5, 0.6) is 0 Å². The Kier molecular flexibility index (Phi) is 11.6. The van der Waals surface area contributed by atoms with Crippen LogP contribution in [0.2, 0.25) is 0 Å². The second kappa shape index (κ2) is 16.4. The van der Waals surface area contributed by atoms with Gasteiger partial charge in [0.25, 0.3) is 0 Å². The Morgan fingerprint density at radius 3 is 1.76 bits per heavy atom. The lowest BCUT2D eigenvalue weighted by Crippen LogP contribution is -2.49. The summed E-state index contributed by atoms with van der Waals surface area (Å²) in [5, 5.41) is 9.93. The molecule has 6 aromatic rings. The summed E-state index contributed by atoms with van der Waals surface area (Å²) in [7, 11) is 4.70. The normalized spacial score (nSPS) is 14.3. The Hall–Kier alpha value is -5.69. The van der Waals surface area contributed by atoms with Crippen molar-refractivity contribution >= 4 is 61.4 Å². The van der Waals surface area contributed by atoms with Gasteiger partial charge in [0.15, 0.2) is 0 Å². The number of aromatic nitrogens is 6. The van der Waals surface area contributed by atoms with E-state index in [2.05, 4.69) is 55.7 Å². The second-order valence-electron chi connectivity index (χ2n) is 13.7. The fourth-order valence-corrected chi connectivity index (χ4v) is 7.82. The van der Waals surface area contributed by atoms with Crippen LogP contribution < -0.4 is 9.80 Å². The third-order valence-corrected chi connectivity index (χ3v) is 11.6. The molecule has 0 radical (unpaired) electrons. The Labute approximate surface area is 322 Å². The van der Waals surface area contributed by atoms with Crippen LogP contribution in [0, 0.1) is 11.3 Å². The number of fused-ring (bicyclic) bond motifs is 2. The van der Waals surface area contributed by atoms with Crippen molar-refractivity contribution < 1.29 is 13.2 Å². The Bertz CT molecular complexity index is 2480. The molecule has 1 unspecified atom stereocenters. The van der Waals surface area contributed by atoms with Crippen molar-refractivity contribution in [3.8, 4) is 6.07 Å². The number of hydrogen-bond acceptors (Lipinski definition) is 11. The van der Waals surface area contributed by atoms with Crippen LogP contribution in [0.1, 0.15) is 46.9 Å². The van der Waals surface area contributed by atoms with Gasteiger partial charge in [-0.2, -0.15) is 9.57 Å². The van der Waals surface area contributed by atoms with Crippen molar-refractivity contribution in [3.63, 3.8) is 0 Å². The van der Waals surface area contributed by atoms with Crippen LogP contribution in [-0.2, 0) is 37.0 Å². The number of sulfonamides is 1. The largest absolute Gasteiger partial charge is 0.334 e. The predicted molar refractivity (Wildman–Crippen MR) is 217 cm³/mol. The van der Waals surface area contributed by atoms with Crippen LogP contribution in [0.3, 0.4) is 0 Å². The Morgan fingerprint density at radius 2 is 1.29 bits per heavy atom. The summed E-state index contributed by atoms with van der Waals surface area (Å²) in [5.41, 5.74) is 9.75. The number of benzene rings is 2. The van der Waals surface area contributed by atoms with Gasteiger partial charge in [-0.3, -0.25) is 9.69 Å². The molecule has 0 spiro atoms. The molecule has 1 aliphatic heterocycles. The van der Waals surface area contributed by atoms with Gasteiger partial charge in [-0.05, 0) is 53.8 Å². The summed E-state index contributed by atoms with van der Waals surface area (Å²) in [6.07, 6.45) is 10.9. The molecule has 0 aliphatic carbocycles. The average Bonchev–Trinajstić information content (AvgIpc) is 3.77. The molecular weight excluding hydrogens is 715 g/mol. The van der Waals surface area contributed by atoms with Gasteiger partial charge in [-0.1, -0.05) is 26.0 Å². The smallest absolute Gasteiger partial charge is 0.211 e. The van der Waals surface area contributed by atoms with E-state index in [1.807, 2.05) is 84.7 Å². The van der Waals surface area contributed by atoms with Gasteiger partial charge in [-0.25, -0.2) is 28.4 Å². The zero-order valence-corrected chi connectivity index (χ0v) is 33.2. The number of piperazine rings is 1. The van der Waals surface area contributed by atoms with E-state index in [-0.39, 0.29) is 0 Å². The first-order valence-electron chi connectivity index (χ1n) is 18.2. The van der Waals surface area contributed by atoms with Gasteiger partial charge in [0.2, 0.25) is 10.0 Å². The SMILES string of the molecule is CCc1cc(C(C#N)N2CCN(S(C)(=O)=O)CC2)ccc1N(C)c1cc2c(cn1)ncn2C.CCc1cc(C=O)ccc1N(C)c1cc2c(cn1)ncn2C. The maximum Gasteiger partial charge on any atom is 0.211 e. The zero-order chi connectivity index (χ0) is 39.4. The van der Waals surface area contributed by atoms with Crippen molar-refractivity contribution in [3.05, 3.63) is 95.8 Å². The van der Waals surface area contributed by atoms with Crippen LogP contribution in [0.4, 0.5) is 23.0 Å². The van der Waals surface area contributed by atoms with Crippen LogP contribution in [-0.4, -0.2) is 99.5 Å². The van der Waals surface area contributed by atoms with E-state index in [9.17, 15) is 18.5 Å². The molecule has 0 saturated carbocycles. The number of imidazole rings is 2. The quantitative estimate of drug-likeness (QED) is 0.162. The van der Waals surface area contributed by atoms with E-state index in [1.54, 1.807) is 25.0 Å². The highest BCUT2D eigenvalue weighted by Gasteiger charge is 2.29. The number of carbonyl (C=O) groups is 1. The molecule has 1 saturated heterocycles. The van der Waals surface area contributed by atoms with Gasteiger partial charge < -0.3 is 18.9 Å². The summed E-state index contributed by atoms with van der Waals surface area (Å²) in [4.78, 5) is 34.8. The molecule has 1 aliphatic rings. The maximum absolute atomic E-state index is 11.8. The predicted octanol–water partition coefficient (Wildman–Crippen LogP) is 5.55. The molecule has 7 rings (SSSR count). The van der Waals surface area contributed by atoms with Gasteiger partial charge >= 0.3 is 0 Å². The van der Waals surface area contributed by atoms with Gasteiger partial charge in [0, 0.05) is 83.4 Å². The minimum absolute atomic E-state index is 0.403. The average molecular weight is 762 g/mol. The third kappa shape index (κ3) is 8.21. The molecule has 0 amide bonds. The molecule has 15 heteroatoms. The Balaban J connectivity index is 0.000000203. The number of nitrogens with zero attached hydrogens (tertiary/aromatic N) is 11. The standard InChI is InChI=1S/C23H29N7O2S.C17H18N4O/c1-5-17-12-18(22(14-24)29-8-10-30(11-9-29)33(4,31)32)6-7-20(17)28(3)23-13-21-19(15-25-23)26-16-27(21)2;1-4-13-7-12(10-22)5-6-15(13)21(3)17-8-16-14(9-18-17)19-11-20(16)2/h6-7,12-13,15-16,22H,5,8-11H2,1-4H3;5-11H,4H2,1-3H3. The number of aldehydes is 1. The monoisotopic (exact) mass is 761 g/mol. The lowest BCUT2D eigenvalue weighted by atomic mass is 9.99. The fourth-order valence-electron chi connectivity index (χ4n) is 6.99. The summed E-state index contributed by atoms with van der Waals surface area (Å²) >= 11 is 0. The molecular formula is C40H47N11O3S. The first kappa shape index (κ1) is 39.0. The van der Waals surface area contributed by atoms with Crippen molar-refractivity contribution in [2.45, 2.75) is 32.7 Å². The van der Waals surface area contributed by atoms with E-state index >= 15 is 0 Å².